The van der Waals surface area contributed by atoms with Crippen molar-refractivity contribution in [3.8, 4) is 17.0 Å². The van der Waals surface area contributed by atoms with Gasteiger partial charge in [0.2, 0.25) is 5.91 Å². The monoisotopic (exact) mass is 707 g/mol. The van der Waals surface area contributed by atoms with Gasteiger partial charge in [0.15, 0.2) is 5.65 Å². The van der Waals surface area contributed by atoms with Crippen molar-refractivity contribution in [2.75, 3.05) is 57.7 Å². The van der Waals surface area contributed by atoms with Crippen molar-refractivity contribution in [2.45, 2.75) is 49.0 Å². The molecule has 0 radical (unpaired) electrons. The van der Waals surface area contributed by atoms with E-state index < -0.39 is 12.5 Å². The first-order valence-corrected chi connectivity index (χ1v) is 17.8. The summed E-state index contributed by atoms with van der Waals surface area (Å²) in [7, 11) is 0. The lowest BCUT2D eigenvalue weighted by atomic mass is 9.96. The molecule has 2 amide bonds. The average Bonchev–Trinajstić information content (AvgIpc) is 3.68. The topological polar surface area (TPSA) is 130 Å². The summed E-state index contributed by atoms with van der Waals surface area (Å²) < 4.78 is 35.0. The van der Waals surface area contributed by atoms with Crippen LogP contribution in [0.1, 0.15) is 36.0 Å². The lowest BCUT2D eigenvalue weighted by Gasteiger charge is -2.38. The summed E-state index contributed by atoms with van der Waals surface area (Å²) in [5.74, 6) is -0.236. The predicted octanol–water partition coefficient (Wildman–Crippen LogP) is 3.76. The third-order valence-corrected chi connectivity index (χ3v) is 10.7. The Kier molecular flexibility index (Phi) is 10.4. The van der Waals surface area contributed by atoms with Crippen LogP contribution in [0.25, 0.3) is 16.9 Å². The summed E-state index contributed by atoms with van der Waals surface area (Å²) in [5, 5.41) is 12.2. The molecule has 3 aliphatic rings. The molecule has 3 aromatic heterocycles. The van der Waals surface area contributed by atoms with Crippen molar-refractivity contribution < 1.29 is 27.9 Å². The quantitative estimate of drug-likeness (QED) is 0.205. The molecule has 0 spiro atoms. The second-order valence-electron chi connectivity index (χ2n) is 12.9. The van der Waals surface area contributed by atoms with E-state index in [0.717, 1.165) is 69.6 Å². The van der Waals surface area contributed by atoms with E-state index in [4.69, 9.17) is 4.74 Å². The van der Waals surface area contributed by atoms with Crippen LogP contribution in [-0.4, -0.2) is 121 Å². The Hall–Kier alpha value is -4.41. The van der Waals surface area contributed by atoms with Crippen LogP contribution in [0.3, 0.4) is 0 Å². The number of hydrogen-bond donors (Lipinski definition) is 1. The van der Waals surface area contributed by atoms with Gasteiger partial charge in [0.05, 0.1) is 18.4 Å². The minimum Gasteiger partial charge on any atom is -0.434 e. The Bertz CT molecular complexity index is 1830. The van der Waals surface area contributed by atoms with E-state index >= 15 is 0 Å². The van der Waals surface area contributed by atoms with Crippen molar-refractivity contribution in [3.63, 3.8) is 0 Å². The first kappa shape index (κ1) is 34.1. The number of rotatable bonds is 13. The van der Waals surface area contributed by atoms with Crippen LogP contribution in [-0.2, 0) is 16.1 Å². The summed E-state index contributed by atoms with van der Waals surface area (Å²) in [6, 6.07) is 6.67. The molecule has 5 heterocycles. The van der Waals surface area contributed by atoms with Crippen molar-refractivity contribution in [2.24, 2.45) is 5.92 Å². The largest absolute Gasteiger partial charge is 0.434 e. The Labute approximate surface area is 291 Å². The Morgan fingerprint density at radius 2 is 1.84 bits per heavy atom. The molecule has 0 bridgehead atoms. The van der Waals surface area contributed by atoms with Crippen LogP contribution in [0.15, 0.2) is 53.9 Å². The molecular weight excluding hydrogens is 668 g/mol. The van der Waals surface area contributed by atoms with Crippen LogP contribution in [0.2, 0.25) is 0 Å². The Morgan fingerprint density at radius 1 is 1.06 bits per heavy atom. The van der Waals surface area contributed by atoms with Gasteiger partial charge in [0, 0.05) is 80.1 Å². The van der Waals surface area contributed by atoms with Crippen LogP contribution >= 0.6 is 11.8 Å². The maximum atomic E-state index is 13.6. The third-order valence-electron chi connectivity index (χ3n) is 9.36. The molecule has 7 rings (SSSR count). The van der Waals surface area contributed by atoms with Gasteiger partial charge < -0.3 is 24.6 Å². The van der Waals surface area contributed by atoms with E-state index in [1.807, 2.05) is 4.90 Å². The van der Waals surface area contributed by atoms with E-state index in [0.29, 0.717) is 36.4 Å². The number of nitrogens with zero attached hydrogens (tertiary/aromatic N) is 8. The maximum absolute atomic E-state index is 13.6. The average molecular weight is 708 g/mol. The molecule has 1 saturated carbocycles. The number of thioether (sulfide) groups is 1. The summed E-state index contributed by atoms with van der Waals surface area (Å²) in [6.07, 6.45) is 11.1. The number of piperazine rings is 1. The van der Waals surface area contributed by atoms with Crippen LogP contribution < -0.4 is 10.1 Å². The molecule has 3 fully saturated rings. The number of carbonyl (C=O) groups is 3. The highest BCUT2D eigenvalue weighted by atomic mass is 32.2. The number of anilines is 1. The number of ether oxygens (including phenoxy) is 1. The van der Waals surface area contributed by atoms with Gasteiger partial charge in [0.1, 0.15) is 29.8 Å². The zero-order chi connectivity index (χ0) is 34.6. The second-order valence-corrected chi connectivity index (χ2v) is 14.3. The summed E-state index contributed by atoms with van der Waals surface area (Å²) >= 11 is 1.65. The lowest BCUT2D eigenvalue weighted by molar-refractivity contribution is -0.133. The van der Waals surface area contributed by atoms with Crippen molar-refractivity contribution in [1.82, 2.24) is 39.1 Å². The van der Waals surface area contributed by atoms with Gasteiger partial charge in [-0.15, -0.1) is 11.8 Å². The Balaban J connectivity index is 1.08. The van der Waals surface area contributed by atoms with Crippen LogP contribution in [0, 0.1) is 5.92 Å². The highest BCUT2D eigenvalue weighted by Gasteiger charge is 2.28. The van der Waals surface area contributed by atoms with E-state index in [9.17, 15) is 23.2 Å². The number of fused-ring (bicyclic) bond motifs is 1. The molecule has 16 heteroatoms. The summed E-state index contributed by atoms with van der Waals surface area (Å²) in [4.78, 5) is 49.5. The number of alkyl halides is 2. The third kappa shape index (κ3) is 8.13. The second kappa shape index (κ2) is 15.2. The van der Waals surface area contributed by atoms with Gasteiger partial charge in [-0.3, -0.25) is 19.2 Å². The van der Waals surface area contributed by atoms with Crippen LogP contribution in [0.4, 0.5) is 14.5 Å². The van der Waals surface area contributed by atoms with Crippen molar-refractivity contribution in [1.29, 1.82) is 0 Å². The number of hydrogen-bond acceptors (Lipinski definition) is 10. The minimum atomic E-state index is -3.07. The number of halogens is 2. The fourth-order valence-corrected chi connectivity index (χ4v) is 7.63. The first-order chi connectivity index (χ1) is 24.3. The number of benzene rings is 1. The molecule has 264 valence electrons. The number of likely N-dealkylation sites (tertiary alicyclic amines) is 1. The number of carbonyl (C=O) groups excluding carboxylic acids is 3. The van der Waals surface area contributed by atoms with E-state index in [-0.39, 0.29) is 40.7 Å². The van der Waals surface area contributed by atoms with Crippen molar-refractivity contribution >= 4 is 41.2 Å². The molecule has 1 aromatic carbocycles. The summed E-state index contributed by atoms with van der Waals surface area (Å²) in [5.41, 5.74) is 1.29. The van der Waals surface area contributed by atoms with Gasteiger partial charge in [-0.25, -0.2) is 9.50 Å². The molecule has 13 nitrogen and oxygen atoms in total. The SMILES string of the molecule is O=CCN1CCN(CC2CCN(C(=O)Cn3cc(NC(=O)c4cnn5cccnc45)c(-c4cc(SC5CC5)ccc4OC(F)F)n3)CC2)CC1. The molecule has 0 unspecified atom stereocenters. The van der Waals surface area contributed by atoms with Gasteiger partial charge in [0.25, 0.3) is 5.91 Å². The molecule has 2 saturated heterocycles. The van der Waals surface area contributed by atoms with E-state index in [1.54, 1.807) is 48.6 Å². The molecular formula is C34H39F2N9O4S. The molecule has 2 aliphatic heterocycles. The highest BCUT2D eigenvalue weighted by Crippen LogP contribution is 2.43. The van der Waals surface area contributed by atoms with Gasteiger partial charge >= 0.3 is 6.61 Å². The number of aldehydes is 1. The standard InChI is InChI=1S/C34H39F2N9O4S/c35-34(36)49-29-5-4-25(50-24-2-3-24)18-26(29)31-28(39-33(48)27-19-38-45-9-1-8-37-32(27)45)21-44(40-31)22-30(47)43-10-6-23(7-11-43)20-42-14-12-41(13-15-42)16-17-46/h1,4-5,8-9,17-19,21,23-24,34H,2-3,6-7,10-16,20,22H2,(H,39,48). The van der Waals surface area contributed by atoms with Gasteiger partial charge in [-0.05, 0) is 55.9 Å². The number of amides is 2. The zero-order valence-corrected chi connectivity index (χ0v) is 28.3. The number of nitrogens with one attached hydrogen (secondary N) is 1. The van der Waals surface area contributed by atoms with E-state index in [2.05, 4.69) is 30.3 Å². The fraction of sp³-hybridized carbons (Fsp3) is 0.471. The molecule has 1 aliphatic carbocycles. The van der Waals surface area contributed by atoms with Gasteiger partial charge in [-0.2, -0.15) is 19.0 Å². The fourth-order valence-electron chi connectivity index (χ4n) is 6.54. The van der Waals surface area contributed by atoms with Crippen molar-refractivity contribution in [3.05, 3.63) is 54.6 Å². The number of aromatic nitrogens is 5. The minimum absolute atomic E-state index is 0.0860. The highest BCUT2D eigenvalue weighted by molar-refractivity contribution is 8.00. The first-order valence-electron chi connectivity index (χ1n) is 16.9. The Morgan fingerprint density at radius 3 is 2.58 bits per heavy atom. The normalized spacial score (nSPS) is 17.8. The molecule has 0 atom stereocenters. The molecule has 50 heavy (non-hydrogen) atoms. The smallest absolute Gasteiger partial charge is 0.387 e. The van der Waals surface area contributed by atoms with Gasteiger partial charge in [-0.1, -0.05) is 0 Å². The molecule has 4 aromatic rings. The maximum Gasteiger partial charge on any atom is 0.387 e. The lowest BCUT2D eigenvalue weighted by Crippen LogP contribution is -2.49. The molecule has 1 N–H and O–H groups in total. The van der Waals surface area contributed by atoms with E-state index in [1.165, 1.54) is 21.5 Å². The zero-order valence-electron chi connectivity index (χ0n) is 27.5. The predicted molar refractivity (Wildman–Crippen MR) is 182 cm³/mol. The number of piperidine rings is 1. The summed E-state index contributed by atoms with van der Waals surface area (Å²) in [6.45, 7) is 3.20. The van der Waals surface area contributed by atoms with Crippen LogP contribution in [0.5, 0.6) is 5.75 Å².